The van der Waals surface area contributed by atoms with Crippen molar-refractivity contribution >= 4 is 33.7 Å². The van der Waals surface area contributed by atoms with Gasteiger partial charge >= 0.3 is 11.9 Å². The summed E-state index contributed by atoms with van der Waals surface area (Å²) < 4.78 is 11.1. The minimum absolute atomic E-state index is 0.320. The molecule has 0 unspecified atom stereocenters. The molecule has 37 heavy (non-hydrogen) atoms. The summed E-state index contributed by atoms with van der Waals surface area (Å²) in [6.45, 7) is 15.7. The summed E-state index contributed by atoms with van der Waals surface area (Å²) >= 11 is 0. The number of H-pyrrole nitrogens is 1. The first-order valence-electron chi connectivity index (χ1n) is 13.8. The summed E-state index contributed by atoms with van der Waals surface area (Å²) in [4.78, 5) is 33.4. The van der Waals surface area contributed by atoms with E-state index >= 15 is 0 Å². The Balaban J connectivity index is 1.59. The highest BCUT2D eigenvalue weighted by Crippen LogP contribution is 2.28. The summed E-state index contributed by atoms with van der Waals surface area (Å²) in [5.74, 6) is -0.640. The maximum Gasteiger partial charge on any atom is 0.338 e. The third kappa shape index (κ3) is 8.04. The van der Waals surface area contributed by atoms with Crippen molar-refractivity contribution in [3.8, 4) is 0 Å². The van der Waals surface area contributed by atoms with Gasteiger partial charge in [0.25, 0.3) is 0 Å². The number of unbranched alkanes of at least 4 members (excludes halogenated alkanes) is 2. The maximum atomic E-state index is 12.7. The van der Waals surface area contributed by atoms with Gasteiger partial charge in [-0.3, -0.25) is 0 Å². The van der Waals surface area contributed by atoms with E-state index in [2.05, 4.69) is 42.5 Å². The predicted molar refractivity (Wildman–Crippen MR) is 150 cm³/mol. The first-order chi connectivity index (χ1) is 18.0. The third-order valence-corrected chi connectivity index (χ3v) is 7.06. The topological polar surface area (TPSA) is 74.9 Å². The van der Waals surface area contributed by atoms with E-state index in [-0.39, 0.29) is 11.9 Å². The van der Waals surface area contributed by atoms with Crippen LogP contribution < -0.4 is 0 Å². The van der Waals surface area contributed by atoms with Crippen molar-refractivity contribution in [2.45, 2.75) is 53.4 Å². The second-order valence-electron chi connectivity index (χ2n) is 9.39. The number of fused-ring (bicyclic) bond motifs is 3. The molecule has 0 aliphatic heterocycles. The van der Waals surface area contributed by atoms with Crippen molar-refractivity contribution in [3.05, 3.63) is 47.5 Å². The monoisotopic (exact) mass is 509 g/mol. The molecule has 0 fully saturated rings. The zero-order valence-corrected chi connectivity index (χ0v) is 23.0. The Morgan fingerprint density at radius 2 is 1.05 bits per heavy atom. The number of carbonyl (C=O) groups is 2. The van der Waals surface area contributed by atoms with Crippen molar-refractivity contribution in [2.24, 2.45) is 0 Å². The molecule has 1 heterocycles. The molecule has 0 atom stereocenters. The van der Waals surface area contributed by atoms with Gasteiger partial charge in [-0.15, -0.1) is 0 Å². The van der Waals surface area contributed by atoms with Gasteiger partial charge in [-0.2, -0.15) is 0 Å². The Kier molecular flexibility index (Phi) is 11.4. The highest BCUT2D eigenvalue weighted by atomic mass is 16.5. The average Bonchev–Trinajstić information content (AvgIpc) is 3.29. The standard InChI is InChI=1S/C30H43N3O4/c1-5-32(6-2)17-9-11-19-36-29(34)23-13-15-27-25(21-23)26-22-24(14-16-28(26)31-27)30(35)37-20-12-10-18-33(7-3)8-4/h13-16,21-22,31H,5-12,17-20H2,1-4H3. The third-order valence-electron chi connectivity index (χ3n) is 7.06. The van der Waals surface area contributed by atoms with Crippen LogP contribution in [-0.2, 0) is 9.47 Å². The lowest BCUT2D eigenvalue weighted by molar-refractivity contribution is 0.0486. The molecule has 0 spiro atoms. The molecule has 0 bridgehead atoms. The highest BCUT2D eigenvalue weighted by molar-refractivity contribution is 6.11. The van der Waals surface area contributed by atoms with E-state index in [1.165, 1.54) is 0 Å². The number of carbonyl (C=O) groups excluding carboxylic acids is 2. The quantitative estimate of drug-likeness (QED) is 0.192. The first kappa shape index (κ1) is 28.7. The Morgan fingerprint density at radius 3 is 1.43 bits per heavy atom. The van der Waals surface area contributed by atoms with Crippen LogP contribution in [0.5, 0.6) is 0 Å². The fourth-order valence-corrected chi connectivity index (χ4v) is 4.60. The minimum Gasteiger partial charge on any atom is -0.462 e. The molecule has 202 valence electrons. The largest absolute Gasteiger partial charge is 0.462 e. The van der Waals surface area contributed by atoms with Gasteiger partial charge in [0, 0.05) is 21.8 Å². The smallest absolute Gasteiger partial charge is 0.338 e. The van der Waals surface area contributed by atoms with Crippen LogP contribution in [0.4, 0.5) is 0 Å². The minimum atomic E-state index is -0.320. The van der Waals surface area contributed by atoms with Crippen molar-refractivity contribution < 1.29 is 19.1 Å². The molecule has 1 N–H and O–H groups in total. The number of hydrogen-bond acceptors (Lipinski definition) is 6. The van der Waals surface area contributed by atoms with E-state index < -0.39 is 0 Å². The first-order valence-corrected chi connectivity index (χ1v) is 13.8. The van der Waals surface area contributed by atoms with E-state index in [0.29, 0.717) is 24.3 Å². The molecule has 0 aliphatic carbocycles. The molecule has 0 radical (unpaired) electrons. The van der Waals surface area contributed by atoms with Gasteiger partial charge < -0.3 is 24.3 Å². The summed E-state index contributed by atoms with van der Waals surface area (Å²) in [5, 5.41) is 1.78. The molecular weight excluding hydrogens is 466 g/mol. The van der Waals surface area contributed by atoms with Gasteiger partial charge in [0.15, 0.2) is 0 Å². The molecular formula is C30H43N3O4. The molecule has 3 aromatic rings. The zero-order valence-electron chi connectivity index (χ0n) is 23.0. The Bertz CT molecular complexity index is 1060. The van der Waals surface area contributed by atoms with Crippen molar-refractivity contribution in [1.29, 1.82) is 0 Å². The summed E-state index contributed by atoms with van der Waals surface area (Å²) in [5.41, 5.74) is 2.84. The van der Waals surface area contributed by atoms with Gasteiger partial charge in [0.05, 0.1) is 24.3 Å². The average molecular weight is 510 g/mol. The molecule has 0 aliphatic rings. The lowest BCUT2D eigenvalue weighted by Crippen LogP contribution is -2.24. The van der Waals surface area contributed by atoms with Gasteiger partial charge in [-0.1, -0.05) is 27.7 Å². The van der Waals surface area contributed by atoms with Crippen LogP contribution in [0.1, 0.15) is 74.1 Å². The number of nitrogens with zero attached hydrogens (tertiary/aromatic N) is 2. The molecule has 2 aromatic carbocycles. The number of hydrogen-bond donors (Lipinski definition) is 1. The van der Waals surface area contributed by atoms with Crippen LogP contribution in [-0.4, -0.2) is 79.2 Å². The molecule has 0 saturated heterocycles. The molecule has 3 rings (SSSR count). The van der Waals surface area contributed by atoms with Gasteiger partial charge in [-0.05, 0) is 101 Å². The number of aromatic nitrogens is 1. The van der Waals surface area contributed by atoms with Gasteiger partial charge in [0.1, 0.15) is 0 Å². The van der Waals surface area contributed by atoms with Crippen molar-refractivity contribution in [2.75, 3.05) is 52.5 Å². The normalized spacial score (nSPS) is 11.6. The number of rotatable bonds is 16. The van der Waals surface area contributed by atoms with Crippen LogP contribution in [0.25, 0.3) is 21.8 Å². The molecule has 0 saturated carbocycles. The van der Waals surface area contributed by atoms with Crippen LogP contribution in [0.15, 0.2) is 36.4 Å². The zero-order chi connectivity index (χ0) is 26.6. The summed E-state index contributed by atoms with van der Waals surface area (Å²) in [7, 11) is 0. The molecule has 7 heteroatoms. The van der Waals surface area contributed by atoms with Gasteiger partial charge in [-0.25, -0.2) is 9.59 Å². The summed E-state index contributed by atoms with van der Waals surface area (Å²) in [6, 6.07) is 11.0. The highest BCUT2D eigenvalue weighted by Gasteiger charge is 2.14. The maximum absolute atomic E-state index is 12.7. The van der Waals surface area contributed by atoms with E-state index in [0.717, 1.165) is 86.8 Å². The second kappa shape index (κ2) is 14.7. The number of ether oxygens (including phenoxy) is 2. The number of esters is 2. The van der Waals surface area contributed by atoms with Crippen molar-refractivity contribution in [3.63, 3.8) is 0 Å². The SMILES string of the molecule is CCN(CC)CCCCOC(=O)c1ccc2[nH]c3ccc(C(=O)OCCCCN(CC)CC)cc3c2c1. The van der Waals surface area contributed by atoms with E-state index in [1.54, 1.807) is 12.1 Å². The number of nitrogens with one attached hydrogen (secondary N) is 1. The second-order valence-corrected chi connectivity index (χ2v) is 9.39. The Morgan fingerprint density at radius 1 is 0.649 bits per heavy atom. The van der Waals surface area contributed by atoms with Gasteiger partial charge in [0.2, 0.25) is 0 Å². The predicted octanol–water partition coefficient (Wildman–Crippen LogP) is 5.88. The lowest BCUT2D eigenvalue weighted by atomic mass is 10.1. The fourth-order valence-electron chi connectivity index (χ4n) is 4.60. The van der Waals surface area contributed by atoms with E-state index in [9.17, 15) is 9.59 Å². The Hall–Kier alpha value is -2.90. The molecule has 0 amide bonds. The number of aromatic amines is 1. The van der Waals surface area contributed by atoms with E-state index in [4.69, 9.17) is 9.47 Å². The Labute approximate surface area is 221 Å². The molecule has 1 aromatic heterocycles. The lowest BCUT2D eigenvalue weighted by Gasteiger charge is -2.17. The summed E-state index contributed by atoms with van der Waals surface area (Å²) in [6.07, 6.45) is 3.70. The van der Waals surface area contributed by atoms with Crippen molar-refractivity contribution in [1.82, 2.24) is 14.8 Å². The van der Waals surface area contributed by atoms with E-state index in [1.807, 2.05) is 24.3 Å². The molecule has 7 nitrogen and oxygen atoms in total. The van der Waals surface area contributed by atoms with Crippen LogP contribution in [0.3, 0.4) is 0 Å². The number of benzene rings is 2. The fraction of sp³-hybridized carbons (Fsp3) is 0.533. The van der Waals surface area contributed by atoms with Crippen LogP contribution >= 0.6 is 0 Å². The van der Waals surface area contributed by atoms with Crippen LogP contribution in [0, 0.1) is 0 Å². The van der Waals surface area contributed by atoms with Crippen LogP contribution in [0.2, 0.25) is 0 Å².